The number of Topliss-reactive ketones (excluding diaryl/α,β-unsaturated/α-hetero) is 1. The monoisotopic (exact) mass is 501 g/mol. The van der Waals surface area contributed by atoms with E-state index in [2.05, 4.69) is 12.6 Å². The molecule has 0 aliphatic carbocycles. The fourth-order valence-electron chi connectivity index (χ4n) is 4.70. The Labute approximate surface area is 211 Å². The Kier molecular flexibility index (Phi) is 8.86. The lowest BCUT2D eigenvalue weighted by Gasteiger charge is -2.27. The van der Waals surface area contributed by atoms with E-state index in [1.165, 1.54) is 29.2 Å². The first-order valence-electron chi connectivity index (χ1n) is 12.1. The molecule has 2 aromatic carbocycles. The van der Waals surface area contributed by atoms with Gasteiger partial charge in [0, 0.05) is 17.9 Å². The number of ketones is 1. The molecular weight excluding hydrogens is 468 g/mol. The number of carbonyl (C=O) groups is 3. The van der Waals surface area contributed by atoms with Gasteiger partial charge in [-0.1, -0.05) is 51.5 Å². The number of amides is 1. The van der Waals surface area contributed by atoms with E-state index in [0.717, 1.165) is 30.4 Å². The van der Waals surface area contributed by atoms with Crippen LogP contribution in [-0.2, 0) is 14.4 Å². The summed E-state index contributed by atoms with van der Waals surface area (Å²) < 4.78 is 27.0. The number of nitrogens with zero attached hydrogens (tertiary/aromatic N) is 1. The molecule has 2 unspecified atom stereocenters. The maximum Gasteiger partial charge on any atom is 0.291 e. The third-order valence-corrected chi connectivity index (χ3v) is 7.57. The number of halogens is 2. The molecule has 0 N–H and O–H groups in total. The molecule has 2 aromatic rings. The molecule has 3 rings (SSSR count). The number of benzene rings is 2. The average Bonchev–Trinajstić information content (AvgIpc) is 3.27. The molecule has 0 radical (unpaired) electrons. The summed E-state index contributed by atoms with van der Waals surface area (Å²) in [5.74, 6) is -1.68. The van der Waals surface area contributed by atoms with Crippen molar-refractivity contribution in [2.45, 2.75) is 64.8 Å². The summed E-state index contributed by atoms with van der Waals surface area (Å²) in [6.45, 7) is 5.68. The molecule has 0 aromatic heterocycles. The number of hydrogen-bond acceptors (Lipinski definition) is 3. The Morgan fingerprint density at radius 3 is 1.97 bits per heavy atom. The van der Waals surface area contributed by atoms with E-state index in [1.807, 2.05) is 6.92 Å². The first kappa shape index (κ1) is 27.1. The van der Waals surface area contributed by atoms with Crippen molar-refractivity contribution in [2.75, 3.05) is 6.54 Å². The molecule has 1 fully saturated rings. The lowest BCUT2D eigenvalue weighted by atomic mass is 9.84. The highest BCUT2D eigenvalue weighted by atomic mass is 32.1. The third kappa shape index (κ3) is 6.57. The van der Waals surface area contributed by atoms with Crippen LogP contribution in [0.2, 0.25) is 0 Å². The molecule has 4 nitrogen and oxygen atoms in total. The second-order valence-corrected chi connectivity index (χ2v) is 10.5. The zero-order chi connectivity index (χ0) is 25.8. The molecule has 1 saturated heterocycles. The van der Waals surface area contributed by atoms with Crippen molar-refractivity contribution in [1.82, 2.24) is 4.90 Å². The van der Waals surface area contributed by atoms with E-state index >= 15 is 0 Å². The zero-order valence-electron chi connectivity index (χ0n) is 20.5. The second-order valence-electron chi connectivity index (χ2n) is 10.1. The highest BCUT2D eigenvalue weighted by Crippen LogP contribution is 2.34. The predicted molar refractivity (Wildman–Crippen MR) is 135 cm³/mol. The van der Waals surface area contributed by atoms with Crippen LogP contribution in [0.5, 0.6) is 0 Å². The van der Waals surface area contributed by atoms with Gasteiger partial charge in [-0.3, -0.25) is 14.4 Å². The zero-order valence-corrected chi connectivity index (χ0v) is 21.4. The molecule has 1 amide bonds. The van der Waals surface area contributed by atoms with Crippen LogP contribution in [0.25, 0.3) is 0 Å². The number of carbonyl (C=O) groups excluding carboxylic acids is 3. The van der Waals surface area contributed by atoms with E-state index in [-0.39, 0.29) is 23.5 Å². The molecule has 188 valence electrons. The van der Waals surface area contributed by atoms with Crippen LogP contribution in [0.4, 0.5) is 8.78 Å². The van der Waals surface area contributed by atoms with Gasteiger partial charge in [-0.15, -0.1) is 12.6 Å². The summed E-state index contributed by atoms with van der Waals surface area (Å²) in [6.07, 6.45) is 3.29. The first-order chi connectivity index (χ1) is 16.5. The minimum atomic E-state index is -0.781. The van der Waals surface area contributed by atoms with Crippen LogP contribution in [0.1, 0.15) is 69.9 Å². The van der Waals surface area contributed by atoms with Crippen molar-refractivity contribution in [3.8, 4) is 0 Å². The van der Waals surface area contributed by atoms with Crippen LogP contribution in [0.15, 0.2) is 48.5 Å². The fraction of sp³-hybridized carbons (Fsp3) is 0.464. The van der Waals surface area contributed by atoms with Gasteiger partial charge in [-0.25, -0.2) is 8.78 Å². The summed E-state index contributed by atoms with van der Waals surface area (Å²) in [4.78, 5) is 39.2. The lowest BCUT2D eigenvalue weighted by molar-refractivity contribution is -0.150. The van der Waals surface area contributed by atoms with E-state index in [4.69, 9.17) is 0 Å². The van der Waals surface area contributed by atoms with Gasteiger partial charge in [0.05, 0.1) is 0 Å². The standard InChI is InChI=1S/C28H33F2NO3S/c1-4-28(2,3)25(32)26(33)31-17-18(16-24(31)27(34)35)6-5-7-23(19-8-12-21(29)13-9-19)20-10-14-22(30)15-11-20/h8-15,18,23-24H,4-7,16-17H2,1-3H3,(H,34,35). The first-order valence-corrected chi connectivity index (χ1v) is 12.6. The smallest absolute Gasteiger partial charge is 0.291 e. The molecule has 0 bridgehead atoms. The SMILES string of the molecule is CCC(C)(C)C(=O)C(=O)N1CC(CCCC(c2ccc(F)cc2)c2ccc(F)cc2)CC1C(=O)S. The predicted octanol–water partition coefficient (Wildman–Crippen LogP) is 5.95. The number of rotatable bonds is 10. The van der Waals surface area contributed by atoms with Crippen molar-refractivity contribution in [3.05, 3.63) is 71.3 Å². The van der Waals surface area contributed by atoms with Crippen molar-refractivity contribution >= 4 is 29.4 Å². The lowest BCUT2D eigenvalue weighted by Crippen LogP contribution is -2.46. The Bertz CT molecular complexity index is 1010. The summed E-state index contributed by atoms with van der Waals surface area (Å²) in [5, 5.41) is -0.404. The number of hydrogen-bond donors (Lipinski definition) is 1. The molecule has 0 spiro atoms. The van der Waals surface area contributed by atoms with Gasteiger partial charge in [0.15, 0.2) is 0 Å². The minimum Gasteiger partial charge on any atom is -0.325 e. The summed E-state index contributed by atoms with van der Waals surface area (Å²) in [7, 11) is 0. The molecule has 1 aliphatic rings. The van der Waals surface area contributed by atoms with Gasteiger partial charge in [-0.2, -0.15) is 0 Å². The molecular formula is C28H33F2NO3S. The summed E-state index contributed by atoms with van der Waals surface area (Å²) in [5.41, 5.74) is 1.10. The number of thiol groups is 1. The average molecular weight is 502 g/mol. The maximum atomic E-state index is 13.5. The van der Waals surface area contributed by atoms with Crippen molar-refractivity contribution in [1.29, 1.82) is 0 Å². The van der Waals surface area contributed by atoms with E-state index in [0.29, 0.717) is 19.4 Å². The summed E-state index contributed by atoms with van der Waals surface area (Å²) in [6, 6.07) is 12.0. The maximum absolute atomic E-state index is 13.5. The van der Waals surface area contributed by atoms with Gasteiger partial charge in [0.1, 0.15) is 17.7 Å². The highest BCUT2D eigenvalue weighted by Gasteiger charge is 2.43. The van der Waals surface area contributed by atoms with Crippen LogP contribution in [-0.4, -0.2) is 34.3 Å². The van der Waals surface area contributed by atoms with Crippen LogP contribution < -0.4 is 0 Å². The second kappa shape index (κ2) is 11.5. The van der Waals surface area contributed by atoms with Crippen molar-refractivity contribution in [3.63, 3.8) is 0 Å². The van der Waals surface area contributed by atoms with Gasteiger partial charge in [0.2, 0.25) is 10.9 Å². The molecule has 7 heteroatoms. The Balaban J connectivity index is 1.69. The van der Waals surface area contributed by atoms with Gasteiger partial charge in [0.25, 0.3) is 5.91 Å². The Morgan fingerprint density at radius 1 is 1.00 bits per heavy atom. The largest absolute Gasteiger partial charge is 0.325 e. The van der Waals surface area contributed by atoms with E-state index in [1.54, 1.807) is 38.1 Å². The van der Waals surface area contributed by atoms with Crippen LogP contribution in [0, 0.1) is 23.0 Å². The van der Waals surface area contributed by atoms with Gasteiger partial charge >= 0.3 is 0 Å². The molecule has 1 aliphatic heterocycles. The molecule has 1 heterocycles. The van der Waals surface area contributed by atoms with Crippen molar-refractivity contribution in [2.24, 2.45) is 11.3 Å². The van der Waals surface area contributed by atoms with E-state index < -0.39 is 28.3 Å². The van der Waals surface area contributed by atoms with Gasteiger partial charge < -0.3 is 4.90 Å². The fourth-order valence-corrected chi connectivity index (χ4v) is 4.94. The Hall–Kier alpha value is -2.54. The normalized spacial score (nSPS) is 18.2. The quantitative estimate of drug-likeness (QED) is 0.324. The number of likely N-dealkylation sites (tertiary alicyclic amines) is 1. The third-order valence-electron chi connectivity index (χ3n) is 7.28. The van der Waals surface area contributed by atoms with Crippen molar-refractivity contribution < 1.29 is 23.2 Å². The van der Waals surface area contributed by atoms with Gasteiger partial charge in [-0.05, 0) is 67.0 Å². The summed E-state index contributed by atoms with van der Waals surface area (Å²) >= 11 is 3.98. The topological polar surface area (TPSA) is 54.5 Å². The van der Waals surface area contributed by atoms with E-state index in [9.17, 15) is 23.2 Å². The Morgan fingerprint density at radius 2 is 1.51 bits per heavy atom. The van der Waals surface area contributed by atoms with Crippen LogP contribution in [0.3, 0.4) is 0 Å². The minimum absolute atomic E-state index is 0.0374. The molecule has 2 atom stereocenters. The highest BCUT2D eigenvalue weighted by molar-refractivity contribution is 7.96. The molecule has 35 heavy (non-hydrogen) atoms. The van der Waals surface area contributed by atoms with Crippen LogP contribution >= 0.6 is 12.6 Å². The molecule has 0 saturated carbocycles.